The van der Waals surface area contributed by atoms with Gasteiger partial charge in [-0.25, -0.2) is 4.98 Å². The van der Waals surface area contributed by atoms with Crippen LogP contribution in [0.25, 0.3) is 0 Å². The normalized spacial score (nSPS) is 10.9. The predicted molar refractivity (Wildman–Crippen MR) is 79.7 cm³/mol. The van der Waals surface area contributed by atoms with Crippen LogP contribution in [0, 0.1) is 6.92 Å². The Morgan fingerprint density at radius 1 is 1.47 bits per heavy atom. The molecule has 0 aliphatic rings. The van der Waals surface area contributed by atoms with E-state index in [0.29, 0.717) is 0 Å². The third-order valence-electron chi connectivity index (χ3n) is 2.97. The van der Waals surface area contributed by atoms with Gasteiger partial charge in [-0.2, -0.15) is 0 Å². The van der Waals surface area contributed by atoms with E-state index in [9.17, 15) is 0 Å². The largest absolute Gasteiger partial charge is 0.469 e. The van der Waals surface area contributed by atoms with Crippen LogP contribution in [0.1, 0.15) is 30.4 Å². The monoisotopic (exact) mass is 279 g/mol. The standard InChI is InChI=1S/C14H21N3OS/c1-4-6-15-8-13-10-19-14(16-13)17(3)9-12-5-7-18-11(12)2/h5,7,10,15H,4,6,8-9H2,1-3H3. The molecule has 0 saturated heterocycles. The van der Waals surface area contributed by atoms with Crippen molar-refractivity contribution >= 4 is 16.5 Å². The molecule has 1 N–H and O–H groups in total. The second kappa shape index (κ2) is 6.73. The Bertz CT molecular complexity index is 506. The van der Waals surface area contributed by atoms with Crippen LogP contribution in [0.4, 0.5) is 5.13 Å². The van der Waals surface area contributed by atoms with Gasteiger partial charge in [0.25, 0.3) is 0 Å². The molecule has 19 heavy (non-hydrogen) atoms. The first-order valence-electron chi connectivity index (χ1n) is 6.60. The van der Waals surface area contributed by atoms with Crippen molar-refractivity contribution in [3.8, 4) is 0 Å². The number of thiazole rings is 1. The lowest BCUT2D eigenvalue weighted by atomic mass is 10.2. The molecule has 4 nitrogen and oxygen atoms in total. The maximum atomic E-state index is 5.32. The zero-order valence-electron chi connectivity index (χ0n) is 11.8. The van der Waals surface area contributed by atoms with Crippen LogP contribution in [0.15, 0.2) is 22.1 Å². The fourth-order valence-electron chi connectivity index (χ4n) is 1.84. The molecule has 0 aliphatic heterocycles. The van der Waals surface area contributed by atoms with Gasteiger partial charge in [-0.1, -0.05) is 6.92 Å². The summed E-state index contributed by atoms with van der Waals surface area (Å²) >= 11 is 1.69. The Labute approximate surface area is 118 Å². The van der Waals surface area contributed by atoms with Crippen molar-refractivity contribution in [2.45, 2.75) is 33.4 Å². The van der Waals surface area contributed by atoms with Gasteiger partial charge in [-0.3, -0.25) is 0 Å². The van der Waals surface area contributed by atoms with Gasteiger partial charge < -0.3 is 14.6 Å². The minimum Gasteiger partial charge on any atom is -0.469 e. The fourth-order valence-corrected chi connectivity index (χ4v) is 2.64. The lowest BCUT2D eigenvalue weighted by Crippen LogP contribution is -2.17. The second-order valence-electron chi connectivity index (χ2n) is 4.66. The molecule has 0 spiro atoms. The molecule has 0 unspecified atom stereocenters. The minimum atomic E-state index is 0.831. The molecule has 2 rings (SSSR count). The Kier molecular flexibility index (Phi) is 4.99. The predicted octanol–water partition coefficient (Wildman–Crippen LogP) is 3.18. The molecule has 2 aromatic rings. The first-order chi connectivity index (χ1) is 9.20. The van der Waals surface area contributed by atoms with Crippen molar-refractivity contribution in [2.75, 3.05) is 18.5 Å². The van der Waals surface area contributed by atoms with E-state index in [-0.39, 0.29) is 0 Å². The van der Waals surface area contributed by atoms with Gasteiger partial charge in [0, 0.05) is 31.1 Å². The lowest BCUT2D eigenvalue weighted by molar-refractivity contribution is 0.529. The van der Waals surface area contributed by atoms with E-state index < -0.39 is 0 Å². The number of aryl methyl sites for hydroxylation is 1. The molecule has 2 aromatic heterocycles. The van der Waals surface area contributed by atoms with E-state index in [0.717, 1.165) is 42.6 Å². The smallest absolute Gasteiger partial charge is 0.185 e. The van der Waals surface area contributed by atoms with E-state index in [1.54, 1.807) is 17.6 Å². The van der Waals surface area contributed by atoms with Gasteiger partial charge in [-0.15, -0.1) is 11.3 Å². The topological polar surface area (TPSA) is 41.3 Å². The van der Waals surface area contributed by atoms with Crippen LogP contribution in [0.2, 0.25) is 0 Å². The zero-order valence-corrected chi connectivity index (χ0v) is 12.6. The van der Waals surface area contributed by atoms with E-state index in [2.05, 4.69) is 34.6 Å². The Morgan fingerprint density at radius 2 is 2.32 bits per heavy atom. The van der Waals surface area contributed by atoms with Gasteiger partial charge >= 0.3 is 0 Å². The summed E-state index contributed by atoms with van der Waals surface area (Å²) in [6, 6.07) is 2.02. The highest BCUT2D eigenvalue weighted by molar-refractivity contribution is 7.13. The van der Waals surface area contributed by atoms with Gasteiger partial charge in [0.2, 0.25) is 0 Å². The summed E-state index contributed by atoms with van der Waals surface area (Å²) in [7, 11) is 2.06. The minimum absolute atomic E-state index is 0.831. The van der Waals surface area contributed by atoms with Crippen molar-refractivity contribution < 1.29 is 4.42 Å². The van der Waals surface area contributed by atoms with Gasteiger partial charge in [0.1, 0.15) is 5.76 Å². The first-order valence-corrected chi connectivity index (χ1v) is 7.48. The molecule has 0 aromatic carbocycles. The van der Waals surface area contributed by atoms with Crippen molar-refractivity contribution in [2.24, 2.45) is 0 Å². The highest BCUT2D eigenvalue weighted by Gasteiger charge is 2.10. The third-order valence-corrected chi connectivity index (χ3v) is 3.98. The third kappa shape index (κ3) is 3.81. The summed E-state index contributed by atoms with van der Waals surface area (Å²) in [4.78, 5) is 6.80. The SMILES string of the molecule is CCCNCc1csc(N(C)Cc2ccoc2C)n1. The molecule has 104 valence electrons. The maximum Gasteiger partial charge on any atom is 0.185 e. The number of hydrogen-bond acceptors (Lipinski definition) is 5. The fraction of sp³-hybridized carbons (Fsp3) is 0.500. The quantitative estimate of drug-likeness (QED) is 0.790. The van der Waals surface area contributed by atoms with Crippen LogP contribution in [-0.2, 0) is 13.1 Å². The Balaban J connectivity index is 1.92. The van der Waals surface area contributed by atoms with Crippen LogP contribution in [-0.4, -0.2) is 18.6 Å². The van der Waals surface area contributed by atoms with E-state index in [1.807, 2.05) is 13.0 Å². The molecule has 0 radical (unpaired) electrons. The highest BCUT2D eigenvalue weighted by Crippen LogP contribution is 2.22. The molecule has 2 heterocycles. The lowest BCUT2D eigenvalue weighted by Gasteiger charge is -2.14. The molecule has 0 saturated carbocycles. The summed E-state index contributed by atoms with van der Waals surface area (Å²) in [6.07, 6.45) is 2.89. The molecule has 0 bridgehead atoms. The van der Waals surface area contributed by atoms with Crippen LogP contribution < -0.4 is 10.2 Å². The Hall–Kier alpha value is -1.33. The average Bonchev–Trinajstić information content (AvgIpc) is 3.00. The van der Waals surface area contributed by atoms with Crippen molar-refractivity contribution in [1.82, 2.24) is 10.3 Å². The molecule has 0 fully saturated rings. The molecule has 0 amide bonds. The summed E-state index contributed by atoms with van der Waals surface area (Å²) in [5.41, 5.74) is 2.33. The highest BCUT2D eigenvalue weighted by atomic mass is 32.1. The number of hydrogen-bond donors (Lipinski definition) is 1. The van der Waals surface area contributed by atoms with Gasteiger partial charge in [0.05, 0.1) is 12.0 Å². The number of nitrogens with zero attached hydrogens (tertiary/aromatic N) is 2. The number of aromatic nitrogens is 1. The maximum absolute atomic E-state index is 5.32. The average molecular weight is 279 g/mol. The Morgan fingerprint density at radius 3 is 3.00 bits per heavy atom. The summed E-state index contributed by atoms with van der Waals surface area (Å²) in [5.74, 6) is 0.980. The van der Waals surface area contributed by atoms with Gasteiger partial charge in [-0.05, 0) is 26.0 Å². The van der Waals surface area contributed by atoms with E-state index in [1.165, 1.54) is 5.56 Å². The number of anilines is 1. The van der Waals surface area contributed by atoms with Crippen molar-refractivity contribution in [3.63, 3.8) is 0 Å². The van der Waals surface area contributed by atoms with Crippen LogP contribution >= 0.6 is 11.3 Å². The first kappa shape index (κ1) is 14.1. The molecule has 0 atom stereocenters. The zero-order chi connectivity index (χ0) is 13.7. The molecular weight excluding hydrogens is 258 g/mol. The van der Waals surface area contributed by atoms with Gasteiger partial charge in [0.15, 0.2) is 5.13 Å². The molecule has 0 aliphatic carbocycles. The van der Waals surface area contributed by atoms with E-state index in [4.69, 9.17) is 4.42 Å². The number of furan rings is 1. The van der Waals surface area contributed by atoms with Crippen LogP contribution in [0.5, 0.6) is 0 Å². The molecular formula is C14H21N3OS. The number of rotatable bonds is 7. The summed E-state index contributed by atoms with van der Waals surface area (Å²) in [5, 5.41) is 6.54. The second-order valence-corrected chi connectivity index (χ2v) is 5.49. The molecule has 5 heteroatoms. The van der Waals surface area contributed by atoms with E-state index >= 15 is 0 Å². The number of nitrogens with one attached hydrogen (secondary N) is 1. The van der Waals surface area contributed by atoms with Crippen molar-refractivity contribution in [1.29, 1.82) is 0 Å². The van der Waals surface area contributed by atoms with Crippen LogP contribution in [0.3, 0.4) is 0 Å². The van der Waals surface area contributed by atoms with Crippen molar-refractivity contribution in [3.05, 3.63) is 34.7 Å². The summed E-state index contributed by atoms with van der Waals surface area (Å²) < 4.78 is 5.32. The summed E-state index contributed by atoms with van der Waals surface area (Å²) in [6.45, 7) is 6.88.